The van der Waals surface area contributed by atoms with Gasteiger partial charge in [0.25, 0.3) is 0 Å². The Morgan fingerprint density at radius 3 is 1.88 bits per heavy atom. The van der Waals surface area contributed by atoms with E-state index < -0.39 is 0 Å². The summed E-state index contributed by atoms with van der Waals surface area (Å²) in [6, 6.07) is 10.6. The van der Waals surface area contributed by atoms with Crippen molar-refractivity contribution in [2.45, 2.75) is 31.1 Å². The Bertz CT molecular complexity index is 212. The third kappa shape index (κ3) is 15.6. The van der Waals surface area contributed by atoms with E-state index in [0.717, 1.165) is 0 Å². The van der Waals surface area contributed by atoms with Gasteiger partial charge in [-0.25, -0.2) is 0 Å². The molecule has 0 radical (unpaired) electrons. The first kappa shape index (κ1) is 30.0. The highest BCUT2D eigenvalue weighted by Crippen LogP contribution is 2.18. The van der Waals surface area contributed by atoms with Crippen LogP contribution in [0.1, 0.15) is 26.2 Å². The second kappa shape index (κ2) is 20.9. The first-order valence-electron chi connectivity index (χ1n) is 4.61. The summed E-state index contributed by atoms with van der Waals surface area (Å²) in [5.41, 5.74) is 0. The van der Waals surface area contributed by atoms with Crippen molar-refractivity contribution in [3.63, 3.8) is 0 Å². The minimum atomic E-state index is 0. The van der Waals surface area contributed by atoms with Crippen LogP contribution in [0, 0.1) is 0 Å². The van der Waals surface area contributed by atoms with Crippen LogP contribution in [0.4, 0.5) is 18.8 Å². The van der Waals surface area contributed by atoms with Gasteiger partial charge in [0.05, 0.1) is 0 Å². The molecular weight excluding hydrogens is 276 g/mol. The lowest BCUT2D eigenvalue weighted by Gasteiger charge is -1.99. The van der Waals surface area contributed by atoms with Gasteiger partial charge in [-0.1, -0.05) is 38.0 Å². The fraction of sp³-hybridized carbons (Fsp3) is 0.455. The van der Waals surface area contributed by atoms with Gasteiger partial charge in [-0.05, 0) is 24.3 Å². The fourth-order valence-electron chi connectivity index (χ4n) is 1.06. The highest BCUT2D eigenvalue weighted by atomic mass is 35.5. The number of hydrogen-bond acceptors (Lipinski definition) is 1. The summed E-state index contributed by atoms with van der Waals surface area (Å²) in [4.78, 5) is 1.40. The Balaban J connectivity index is -0.0000000960. The molecule has 0 saturated heterocycles. The minimum Gasteiger partial charge on any atom is -0.269 e. The Kier molecular flexibility index (Phi) is 36.9. The summed E-state index contributed by atoms with van der Waals surface area (Å²) < 4.78 is 0. The van der Waals surface area contributed by atoms with Gasteiger partial charge >= 0.3 is 0 Å². The van der Waals surface area contributed by atoms with Crippen LogP contribution >= 0.6 is 24.2 Å². The average molecular weight is 297 g/mol. The van der Waals surface area contributed by atoms with Gasteiger partial charge in [-0.15, -0.1) is 24.2 Å². The smallest absolute Gasteiger partial charge is 0.00719 e. The molecule has 6 heteroatoms. The zero-order valence-electron chi connectivity index (χ0n) is 9.66. The molecule has 0 aliphatic carbocycles. The van der Waals surface area contributed by atoms with Crippen molar-refractivity contribution in [1.29, 1.82) is 0 Å². The maximum Gasteiger partial charge on any atom is 0.00719 e. The van der Waals surface area contributed by atoms with Crippen LogP contribution in [0.25, 0.3) is 0 Å². The maximum atomic E-state index is 2.24. The molecule has 1 rings (SSSR count). The molecular formula is C11H21ClF4S. The SMILES string of the molecule is CCCCCSc1ccccc1.Cl.F.F.F.F. The van der Waals surface area contributed by atoms with Crippen molar-refractivity contribution >= 4 is 24.2 Å². The van der Waals surface area contributed by atoms with Gasteiger partial charge in [0.2, 0.25) is 0 Å². The van der Waals surface area contributed by atoms with E-state index in [2.05, 4.69) is 37.3 Å². The van der Waals surface area contributed by atoms with Crippen LogP contribution in [-0.2, 0) is 0 Å². The molecule has 0 spiro atoms. The number of benzene rings is 1. The molecule has 0 atom stereocenters. The molecule has 1 aromatic carbocycles. The van der Waals surface area contributed by atoms with Crippen molar-refractivity contribution in [3.8, 4) is 0 Å². The van der Waals surface area contributed by atoms with Crippen molar-refractivity contribution in [2.24, 2.45) is 0 Å². The summed E-state index contributed by atoms with van der Waals surface area (Å²) >= 11 is 1.96. The Morgan fingerprint density at radius 1 is 0.882 bits per heavy atom. The largest absolute Gasteiger partial charge is 0.269 e. The molecule has 106 valence electrons. The van der Waals surface area contributed by atoms with E-state index in [1.807, 2.05) is 11.8 Å². The summed E-state index contributed by atoms with van der Waals surface area (Å²) in [5, 5.41) is 0. The topological polar surface area (TPSA) is 0 Å². The zero-order chi connectivity index (χ0) is 8.65. The summed E-state index contributed by atoms with van der Waals surface area (Å²) in [6.07, 6.45) is 4.02. The van der Waals surface area contributed by atoms with Crippen molar-refractivity contribution in [3.05, 3.63) is 30.3 Å². The Hall–Kier alpha value is -0.420. The first-order chi connectivity index (χ1) is 5.93. The van der Waals surface area contributed by atoms with Crippen LogP contribution in [0.3, 0.4) is 0 Å². The predicted octanol–water partition coefficient (Wildman–Crippen LogP) is 5.00. The van der Waals surface area contributed by atoms with Crippen LogP contribution in [0.15, 0.2) is 35.2 Å². The zero-order valence-corrected chi connectivity index (χ0v) is 11.3. The first-order valence-corrected chi connectivity index (χ1v) is 5.60. The minimum absolute atomic E-state index is 0. The molecule has 0 nitrogen and oxygen atoms in total. The molecule has 0 amide bonds. The molecule has 1 aromatic rings. The average Bonchev–Trinajstić information content (AvgIpc) is 2.14. The van der Waals surface area contributed by atoms with Crippen LogP contribution in [0.5, 0.6) is 0 Å². The van der Waals surface area contributed by atoms with Gasteiger partial charge < -0.3 is 0 Å². The third-order valence-corrected chi connectivity index (χ3v) is 2.86. The van der Waals surface area contributed by atoms with Crippen molar-refractivity contribution < 1.29 is 18.8 Å². The second-order valence-electron chi connectivity index (χ2n) is 2.87. The van der Waals surface area contributed by atoms with E-state index in [0.29, 0.717) is 0 Å². The van der Waals surface area contributed by atoms with Gasteiger partial charge in [-0.2, -0.15) is 0 Å². The van der Waals surface area contributed by atoms with Gasteiger partial charge in [0, 0.05) is 4.90 Å². The van der Waals surface area contributed by atoms with E-state index in [9.17, 15) is 0 Å². The van der Waals surface area contributed by atoms with Crippen LogP contribution < -0.4 is 0 Å². The molecule has 0 aliphatic rings. The lowest BCUT2D eigenvalue weighted by Crippen LogP contribution is -1.78. The number of thioether (sulfide) groups is 1. The number of halogens is 5. The van der Waals surface area contributed by atoms with Crippen LogP contribution in [-0.4, -0.2) is 5.75 Å². The third-order valence-electron chi connectivity index (χ3n) is 1.76. The Morgan fingerprint density at radius 2 is 1.41 bits per heavy atom. The molecule has 0 N–H and O–H groups in total. The highest BCUT2D eigenvalue weighted by Gasteiger charge is 1.90. The molecule has 0 fully saturated rings. The fourth-order valence-corrected chi connectivity index (χ4v) is 1.99. The number of hydrogen-bond donors (Lipinski definition) is 0. The van der Waals surface area contributed by atoms with Gasteiger partial charge in [0.1, 0.15) is 0 Å². The van der Waals surface area contributed by atoms with Crippen molar-refractivity contribution in [1.82, 2.24) is 0 Å². The van der Waals surface area contributed by atoms with E-state index >= 15 is 0 Å². The highest BCUT2D eigenvalue weighted by molar-refractivity contribution is 7.99. The lowest BCUT2D eigenvalue weighted by atomic mass is 10.3. The van der Waals surface area contributed by atoms with E-state index in [1.54, 1.807) is 0 Å². The standard InChI is InChI=1S/C11H16S.ClH.4FH/c1-2-3-7-10-12-11-8-5-4-6-9-11;;;;;/h4-6,8-9H,2-3,7,10H2,1H3;5*1H. The second-order valence-corrected chi connectivity index (χ2v) is 4.04. The molecule has 0 aliphatic heterocycles. The molecule has 0 heterocycles. The maximum absolute atomic E-state index is 2.24. The van der Waals surface area contributed by atoms with Gasteiger partial charge in [0.15, 0.2) is 0 Å². The summed E-state index contributed by atoms with van der Waals surface area (Å²) in [5.74, 6) is 1.26. The van der Waals surface area contributed by atoms with E-state index in [1.165, 1.54) is 29.9 Å². The Labute approximate surface area is 110 Å². The lowest BCUT2D eigenvalue weighted by molar-refractivity contribution is 0.778. The van der Waals surface area contributed by atoms with Crippen molar-refractivity contribution in [2.75, 3.05) is 5.75 Å². The molecule has 0 saturated carbocycles. The monoisotopic (exact) mass is 296 g/mol. The molecule has 0 aromatic heterocycles. The summed E-state index contributed by atoms with van der Waals surface area (Å²) in [6.45, 7) is 2.24. The number of unbranched alkanes of at least 4 members (excludes halogenated alkanes) is 2. The molecule has 0 bridgehead atoms. The predicted molar refractivity (Wildman–Crippen MR) is 74.0 cm³/mol. The quantitative estimate of drug-likeness (QED) is 0.418. The normalized spacial score (nSPS) is 7.12. The van der Waals surface area contributed by atoms with E-state index in [4.69, 9.17) is 0 Å². The van der Waals surface area contributed by atoms with Crippen LogP contribution in [0.2, 0.25) is 0 Å². The summed E-state index contributed by atoms with van der Waals surface area (Å²) in [7, 11) is 0. The van der Waals surface area contributed by atoms with E-state index in [-0.39, 0.29) is 31.2 Å². The molecule has 17 heavy (non-hydrogen) atoms. The molecule has 0 unspecified atom stereocenters. The number of rotatable bonds is 5. The van der Waals surface area contributed by atoms with Gasteiger partial charge in [-0.3, -0.25) is 18.8 Å².